The van der Waals surface area contributed by atoms with Gasteiger partial charge in [0.1, 0.15) is 5.75 Å². The van der Waals surface area contributed by atoms with Crippen molar-refractivity contribution in [3.63, 3.8) is 0 Å². The molecule has 0 aliphatic rings. The molecule has 0 aliphatic heterocycles. The lowest BCUT2D eigenvalue weighted by atomic mass is 10.3. The maximum atomic E-state index is 11.5. The third-order valence-corrected chi connectivity index (χ3v) is 3.06. The molecule has 0 unspecified atom stereocenters. The average Bonchev–Trinajstić information content (AvgIpc) is 2.91. The molecule has 7 heteroatoms. The van der Waals surface area contributed by atoms with E-state index in [1.54, 1.807) is 24.4 Å². The molecule has 20 heavy (non-hydrogen) atoms. The van der Waals surface area contributed by atoms with E-state index in [9.17, 15) is 4.79 Å². The highest BCUT2D eigenvalue weighted by atomic mass is 79.9. The normalized spacial score (nSPS) is 10.7. The van der Waals surface area contributed by atoms with E-state index in [-0.39, 0.29) is 12.5 Å². The summed E-state index contributed by atoms with van der Waals surface area (Å²) in [6, 6.07) is 8.82. The van der Waals surface area contributed by atoms with Crippen LogP contribution in [-0.4, -0.2) is 23.7 Å². The van der Waals surface area contributed by atoms with Gasteiger partial charge in [-0.25, -0.2) is 5.43 Å². The zero-order valence-corrected chi connectivity index (χ0v) is 12.6. The second kappa shape index (κ2) is 7.12. The molecule has 0 fully saturated rings. The Bertz CT molecular complexity index is 614. The molecule has 0 saturated heterocycles. The van der Waals surface area contributed by atoms with Gasteiger partial charge >= 0.3 is 0 Å². The van der Waals surface area contributed by atoms with Crippen molar-refractivity contribution in [3.8, 4) is 5.75 Å². The van der Waals surface area contributed by atoms with Crippen molar-refractivity contribution in [1.82, 2.24) is 10.4 Å². The maximum absolute atomic E-state index is 11.5. The Morgan fingerprint density at radius 3 is 3.05 bits per heavy atom. The van der Waals surface area contributed by atoms with E-state index in [0.717, 1.165) is 10.2 Å². The van der Waals surface area contributed by atoms with Gasteiger partial charge in [0, 0.05) is 10.7 Å². The molecule has 1 aromatic heterocycles. The van der Waals surface area contributed by atoms with Crippen LogP contribution in [0.4, 0.5) is 0 Å². The fourth-order valence-corrected chi connectivity index (χ4v) is 2.09. The number of hydrogen-bond acceptors (Lipinski definition) is 3. The van der Waals surface area contributed by atoms with Crippen LogP contribution in [0.15, 0.2) is 46.1 Å². The van der Waals surface area contributed by atoms with E-state index in [1.165, 1.54) is 6.21 Å². The van der Waals surface area contributed by atoms with E-state index in [0.29, 0.717) is 10.8 Å². The Morgan fingerprint density at radius 1 is 1.50 bits per heavy atom. The van der Waals surface area contributed by atoms with Crippen LogP contribution in [0.2, 0.25) is 5.02 Å². The predicted octanol–water partition coefficient (Wildman–Crippen LogP) is 2.96. The van der Waals surface area contributed by atoms with Crippen LogP contribution in [0.25, 0.3) is 0 Å². The van der Waals surface area contributed by atoms with Crippen LogP contribution >= 0.6 is 27.5 Å². The summed E-state index contributed by atoms with van der Waals surface area (Å²) in [5, 5.41) is 4.22. The topological polar surface area (TPSA) is 66.5 Å². The summed E-state index contributed by atoms with van der Waals surface area (Å²) in [5.74, 6) is 0.0742. The van der Waals surface area contributed by atoms with Gasteiger partial charge in [-0.3, -0.25) is 4.79 Å². The van der Waals surface area contributed by atoms with Crippen LogP contribution in [0.1, 0.15) is 5.69 Å². The van der Waals surface area contributed by atoms with Gasteiger partial charge in [0.25, 0.3) is 5.91 Å². The van der Waals surface area contributed by atoms with Crippen molar-refractivity contribution >= 4 is 39.7 Å². The van der Waals surface area contributed by atoms with Gasteiger partial charge in [0.15, 0.2) is 6.61 Å². The van der Waals surface area contributed by atoms with Gasteiger partial charge in [-0.05, 0) is 30.3 Å². The predicted molar refractivity (Wildman–Crippen MR) is 81.2 cm³/mol. The molecular weight excluding hydrogens is 346 g/mol. The van der Waals surface area contributed by atoms with Gasteiger partial charge in [-0.1, -0.05) is 27.5 Å². The number of aromatic amines is 1. The molecular formula is C13H11BrClN3O2. The number of hydrogen-bond donors (Lipinski definition) is 2. The number of nitrogens with one attached hydrogen (secondary N) is 2. The molecule has 2 aromatic rings. The Hall–Kier alpha value is -1.79. The monoisotopic (exact) mass is 355 g/mol. The number of nitrogens with zero attached hydrogens (tertiary/aromatic N) is 1. The first kappa shape index (κ1) is 14.6. The zero-order chi connectivity index (χ0) is 14.4. The van der Waals surface area contributed by atoms with Gasteiger partial charge in [0.05, 0.1) is 16.9 Å². The number of hydrazone groups is 1. The highest BCUT2D eigenvalue weighted by Crippen LogP contribution is 2.27. The fraction of sp³-hybridized carbons (Fsp3) is 0.0769. The number of halogens is 2. The number of amides is 1. The van der Waals surface area contributed by atoms with E-state index >= 15 is 0 Å². The van der Waals surface area contributed by atoms with Crippen molar-refractivity contribution in [2.75, 3.05) is 6.61 Å². The fourth-order valence-electron chi connectivity index (χ4n) is 1.37. The lowest BCUT2D eigenvalue weighted by molar-refractivity contribution is -0.123. The second-order valence-electron chi connectivity index (χ2n) is 3.78. The average molecular weight is 357 g/mol. The molecule has 1 heterocycles. The van der Waals surface area contributed by atoms with Crippen LogP contribution in [0, 0.1) is 0 Å². The van der Waals surface area contributed by atoms with Crippen molar-refractivity contribution in [1.29, 1.82) is 0 Å². The SMILES string of the molecule is O=C(COc1ccc(Br)cc1Cl)NN=Cc1ccc[nH]1. The Morgan fingerprint density at radius 2 is 2.35 bits per heavy atom. The van der Waals surface area contributed by atoms with E-state index in [1.807, 2.05) is 12.1 Å². The summed E-state index contributed by atoms with van der Waals surface area (Å²) in [4.78, 5) is 14.4. The molecule has 104 valence electrons. The quantitative estimate of drug-likeness (QED) is 0.639. The molecule has 0 bridgehead atoms. The molecule has 0 saturated carbocycles. The van der Waals surface area contributed by atoms with Gasteiger partial charge in [-0.2, -0.15) is 5.10 Å². The number of benzene rings is 1. The first-order valence-electron chi connectivity index (χ1n) is 5.68. The number of H-pyrrole nitrogens is 1. The smallest absolute Gasteiger partial charge is 0.277 e. The van der Waals surface area contributed by atoms with Crippen LogP contribution in [0.5, 0.6) is 5.75 Å². The van der Waals surface area contributed by atoms with E-state index in [2.05, 4.69) is 31.4 Å². The number of rotatable bonds is 5. The summed E-state index contributed by atoms with van der Waals surface area (Å²) >= 11 is 9.25. The van der Waals surface area contributed by atoms with E-state index < -0.39 is 0 Å². The number of carbonyl (C=O) groups excluding carboxylic acids is 1. The number of aromatic nitrogens is 1. The molecule has 5 nitrogen and oxygen atoms in total. The first-order valence-corrected chi connectivity index (χ1v) is 6.85. The minimum Gasteiger partial charge on any atom is -0.482 e. The highest BCUT2D eigenvalue weighted by molar-refractivity contribution is 9.10. The minimum absolute atomic E-state index is 0.163. The Labute approximate surface area is 129 Å². The van der Waals surface area contributed by atoms with Crippen LogP contribution in [0.3, 0.4) is 0 Å². The molecule has 0 spiro atoms. The highest BCUT2D eigenvalue weighted by Gasteiger charge is 2.05. The standard InChI is InChI=1S/C13H11BrClN3O2/c14-9-3-4-12(11(15)6-9)20-8-13(19)18-17-7-10-2-1-5-16-10/h1-7,16H,8H2,(H,18,19). The number of ether oxygens (including phenoxy) is 1. The largest absolute Gasteiger partial charge is 0.482 e. The van der Waals surface area contributed by atoms with Crippen molar-refractivity contribution < 1.29 is 9.53 Å². The molecule has 0 atom stereocenters. The Kier molecular flexibility index (Phi) is 5.20. The summed E-state index contributed by atoms with van der Waals surface area (Å²) in [6.45, 7) is -0.163. The van der Waals surface area contributed by atoms with Crippen LogP contribution in [-0.2, 0) is 4.79 Å². The lowest BCUT2D eigenvalue weighted by Gasteiger charge is -2.06. The molecule has 1 amide bonds. The summed E-state index contributed by atoms with van der Waals surface area (Å²) in [7, 11) is 0. The van der Waals surface area contributed by atoms with Crippen LogP contribution < -0.4 is 10.2 Å². The summed E-state index contributed by atoms with van der Waals surface area (Å²) < 4.78 is 6.14. The summed E-state index contributed by atoms with van der Waals surface area (Å²) in [6.07, 6.45) is 3.27. The third kappa shape index (κ3) is 4.40. The first-order chi connectivity index (χ1) is 9.65. The van der Waals surface area contributed by atoms with Gasteiger partial charge < -0.3 is 9.72 Å². The van der Waals surface area contributed by atoms with Gasteiger partial charge in [0.2, 0.25) is 0 Å². The third-order valence-electron chi connectivity index (χ3n) is 2.27. The van der Waals surface area contributed by atoms with Gasteiger partial charge in [-0.15, -0.1) is 0 Å². The molecule has 0 aliphatic carbocycles. The zero-order valence-electron chi connectivity index (χ0n) is 10.3. The lowest BCUT2D eigenvalue weighted by Crippen LogP contribution is -2.24. The molecule has 1 aromatic carbocycles. The van der Waals surface area contributed by atoms with E-state index in [4.69, 9.17) is 16.3 Å². The molecule has 2 N–H and O–H groups in total. The molecule has 0 radical (unpaired) electrons. The summed E-state index contributed by atoms with van der Waals surface area (Å²) in [5.41, 5.74) is 3.15. The van der Waals surface area contributed by atoms with Crippen molar-refractivity contribution in [2.24, 2.45) is 5.10 Å². The number of carbonyl (C=O) groups is 1. The maximum Gasteiger partial charge on any atom is 0.277 e. The molecule has 2 rings (SSSR count). The van der Waals surface area contributed by atoms with Crippen molar-refractivity contribution in [3.05, 3.63) is 51.7 Å². The Balaban J connectivity index is 1.80. The minimum atomic E-state index is -0.369. The van der Waals surface area contributed by atoms with Crippen molar-refractivity contribution in [2.45, 2.75) is 0 Å². The second-order valence-corrected chi connectivity index (χ2v) is 5.10.